The Morgan fingerprint density at radius 3 is 2.75 bits per heavy atom. The number of hydrogen-bond donors (Lipinski definition) is 1. The topological polar surface area (TPSA) is 71.4 Å². The average Bonchev–Trinajstić information content (AvgIpc) is 2.49. The van der Waals surface area contributed by atoms with E-state index in [1.54, 1.807) is 6.21 Å². The Morgan fingerprint density at radius 2 is 2.10 bits per heavy atom. The molecule has 1 N–H and O–H groups in total. The maximum Gasteiger partial charge on any atom is 0.410 e. The van der Waals surface area contributed by atoms with Crippen molar-refractivity contribution in [3.8, 4) is 0 Å². The van der Waals surface area contributed by atoms with Gasteiger partial charge in [0.2, 0.25) is 0 Å². The van der Waals surface area contributed by atoms with E-state index in [-0.39, 0.29) is 19.8 Å². The molecule has 1 rings (SSSR count). The number of aliphatic hydroxyl groups is 1. The summed E-state index contributed by atoms with van der Waals surface area (Å²) in [7, 11) is 1.45. The molecule has 1 amide bonds. The minimum absolute atomic E-state index is 0.109. The van der Waals surface area contributed by atoms with Crippen molar-refractivity contribution in [2.24, 2.45) is 5.16 Å². The molecule has 0 heterocycles. The van der Waals surface area contributed by atoms with E-state index in [9.17, 15) is 4.79 Å². The molecule has 20 heavy (non-hydrogen) atoms. The summed E-state index contributed by atoms with van der Waals surface area (Å²) in [6, 6.07) is 9.44. The van der Waals surface area contributed by atoms with Crippen molar-refractivity contribution in [1.82, 2.24) is 4.90 Å². The van der Waals surface area contributed by atoms with Gasteiger partial charge in [-0.25, -0.2) is 4.79 Å². The Balaban J connectivity index is 2.40. The predicted molar refractivity (Wildman–Crippen MR) is 75.4 cm³/mol. The fraction of sp³-hybridized carbons (Fsp3) is 0.429. The molecule has 0 unspecified atom stereocenters. The van der Waals surface area contributed by atoms with Crippen molar-refractivity contribution in [2.75, 3.05) is 26.8 Å². The van der Waals surface area contributed by atoms with Crippen LogP contribution in [0.2, 0.25) is 0 Å². The van der Waals surface area contributed by atoms with Crippen LogP contribution in [0, 0.1) is 0 Å². The van der Waals surface area contributed by atoms with Crippen LogP contribution in [0.4, 0.5) is 4.79 Å². The lowest BCUT2D eigenvalue weighted by Crippen LogP contribution is -2.35. The first-order valence-electron chi connectivity index (χ1n) is 6.39. The second-order valence-corrected chi connectivity index (χ2v) is 4.01. The number of carbonyl (C=O) groups is 1. The number of oxime groups is 1. The maximum absolute atomic E-state index is 11.9. The van der Waals surface area contributed by atoms with Crippen molar-refractivity contribution >= 4 is 12.3 Å². The third kappa shape index (κ3) is 6.19. The molecular weight excluding hydrogens is 260 g/mol. The van der Waals surface area contributed by atoms with Gasteiger partial charge in [-0.2, -0.15) is 0 Å². The van der Waals surface area contributed by atoms with E-state index in [1.807, 2.05) is 30.3 Å². The Morgan fingerprint density at radius 1 is 1.35 bits per heavy atom. The van der Waals surface area contributed by atoms with Crippen LogP contribution >= 0.6 is 0 Å². The summed E-state index contributed by atoms with van der Waals surface area (Å²) in [5.41, 5.74) is 0.922. The van der Waals surface area contributed by atoms with Crippen LogP contribution in [-0.2, 0) is 16.2 Å². The van der Waals surface area contributed by atoms with Gasteiger partial charge < -0.3 is 19.6 Å². The number of rotatable bonds is 8. The van der Waals surface area contributed by atoms with Crippen LogP contribution in [0.3, 0.4) is 0 Å². The van der Waals surface area contributed by atoms with Crippen molar-refractivity contribution in [3.63, 3.8) is 0 Å². The molecule has 6 heteroatoms. The van der Waals surface area contributed by atoms with Gasteiger partial charge in [0.1, 0.15) is 13.7 Å². The molecule has 0 saturated carbocycles. The summed E-state index contributed by atoms with van der Waals surface area (Å²) in [6.07, 6.45) is 1.65. The zero-order chi connectivity index (χ0) is 14.6. The minimum Gasteiger partial charge on any atom is -0.445 e. The molecule has 0 atom stereocenters. The molecule has 0 saturated heterocycles. The highest BCUT2D eigenvalue weighted by Gasteiger charge is 2.13. The summed E-state index contributed by atoms with van der Waals surface area (Å²) >= 11 is 0. The zero-order valence-corrected chi connectivity index (χ0v) is 11.6. The third-order valence-electron chi connectivity index (χ3n) is 2.54. The van der Waals surface area contributed by atoms with Gasteiger partial charge >= 0.3 is 6.09 Å². The molecular formula is C14H20N2O4. The van der Waals surface area contributed by atoms with E-state index in [0.29, 0.717) is 13.0 Å². The van der Waals surface area contributed by atoms with Gasteiger partial charge in [-0.05, 0) is 5.56 Å². The van der Waals surface area contributed by atoms with Gasteiger partial charge in [0.05, 0.1) is 6.61 Å². The number of carbonyl (C=O) groups excluding carboxylic acids is 1. The molecule has 1 aromatic carbocycles. The van der Waals surface area contributed by atoms with Gasteiger partial charge in [-0.3, -0.25) is 0 Å². The van der Waals surface area contributed by atoms with E-state index < -0.39 is 6.09 Å². The number of aliphatic hydroxyl groups excluding tert-OH is 1. The summed E-state index contributed by atoms with van der Waals surface area (Å²) in [5.74, 6) is 0. The lowest BCUT2D eigenvalue weighted by atomic mass is 10.2. The molecule has 0 aliphatic carbocycles. The Labute approximate surface area is 118 Å². The first-order valence-corrected chi connectivity index (χ1v) is 6.39. The first-order chi connectivity index (χ1) is 9.77. The molecule has 0 radical (unpaired) electrons. The van der Waals surface area contributed by atoms with Crippen LogP contribution in [0.1, 0.15) is 12.0 Å². The van der Waals surface area contributed by atoms with Crippen LogP contribution in [0.15, 0.2) is 35.5 Å². The minimum atomic E-state index is -0.450. The van der Waals surface area contributed by atoms with Crippen LogP contribution < -0.4 is 0 Å². The molecule has 0 aromatic heterocycles. The molecule has 6 nitrogen and oxygen atoms in total. The number of amides is 1. The summed E-state index contributed by atoms with van der Waals surface area (Å²) in [5, 5.41) is 12.6. The summed E-state index contributed by atoms with van der Waals surface area (Å²) < 4.78 is 5.20. The van der Waals surface area contributed by atoms with Gasteiger partial charge in [0, 0.05) is 25.7 Å². The van der Waals surface area contributed by atoms with Gasteiger partial charge in [-0.15, -0.1) is 0 Å². The molecule has 0 bridgehead atoms. The average molecular weight is 280 g/mol. The van der Waals surface area contributed by atoms with Crippen LogP contribution in [0.5, 0.6) is 0 Å². The lowest BCUT2D eigenvalue weighted by Gasteiger charge is -2.20. The standard InChI is InChI=1S/C14H20N2O4/c1-19-15-8-5-9-16(10-11-17)14(18)20-12-13-6-3-2-4-7-13/h2-4,6-8,17H,5,9-12H2,1H3/b15-8+. The molecule has 110 valence electrons. The van der Waals surface area contributed by atoms with Crippen LogP contribution in [0.25, 0.3) is 0 Å². The van der Waals surface area contributed by atoms with Crippen molar-refractivity contribution in [2.45, 2.75) is 13.0 Å². The number of ether oxygens (including phenoxy) is 1. The second kappa shape index (κ2) is 9.80. The molecule has 1 aromatic rings. The largest absolute Gasteiger partial charge is 0.445 e. The third-order valence-corrected chi connectivity index (χ3v) is 2.54. The van der Waals surface area contributed by atoms with E-state index in [0.717, 1.165) is 5.56 Å². The van der Waals surface area contributed by atoms with Gasteiger partial charge in [-0.1, -0.05) is 35.5 Å². The number of nitrogens with zero attached hydrogens (tertiary/aromatic N) is 2. The smallest absolute Gasteiger partial charge is 0.410 e. The highest BCUT2D eigenvalue weighted by molar-refractivity contribution is 5.68. The highest BCUT2D eigenvalue weighted by atomic mass is 16.6. The summed E-state index contributed by atoms with van der Waals surface area (Å²) in [4.78, 5) is 17.9. The quantitative estimate of drug-likeness (QED) is 0.580. The maximum atomic E-state index is 11.9. The SMILES string of the molecule is CO/N=C/CCN(CCO)C(=O)OCc1ccccc1. The van der Waals surface area contributed by atoms with Crippen LogP contribution in [-0.4, -0.2) is 49.1 Å². The molecule has 0 spiro atoms. The van der Waals surface area contributed by atoms with Crippen molar-refractivity contribution in [3.05, 3.63) is 35.9 Å². The summed E-state index contributed by atoms with van der Waals surface area (Å²) in [6.45, 7) is 0.755. The number of hydrogen-bond acceptors (Lipinski definition) is 5. The molecule has 0 aliphatic rings. The van der Waals surface area contributed by atoms with E-state index >= 15 is 0 Å². The Bertz CT molecular complexity index is 409. The second-order valence-electron chi connectivity index (χ2n) is 4.01. The van der Waals surface area contributed by atoms with Gasteiger partial charge in [0.25, 0.3) is 0 Å². The first kappa shape index (κ1) is 16.0. The monoisotopic (exact) mass is 280 g/mol. The van der Waals surface area contributed by atoms with E-state index in [1.165, 1.54) is 12.0 Å². The Hall–Kier alpha value is -2.08. The van der Waals surface area contributed by atoms with Crippen molar-refractivity contribution in [1.29, 1.82) is 0 Å². The van der Waals surface area contributed by atoms with Gasteiger partial charge in [0.15, 0.2) is 0 Å². The molecule has 0 fully saturated rings. The fourth-order valence-corrected chi connectivity index (χ4v) is 1.57. The normalized spacial score (nSPS) is 10.5. The highest BCUT2D eigenvalue weighted by Crippen LogP contribution is 2.03. The predicted octanol–water partition coefficient (Wildman–Crippen LogP) is 1.64. The van der Waals surface area contributed by atoms with Crippen molar-refractivity contribution < 1.29 is 19.5 Å². The van der Waals surface area contributed by atoms with E-state index in [4.69, 9.17) is 9.84 Å². The molecule has 0 aliphatic heterocycles. The van der Waals surface area contributed by atoms with E-state index in [2.05, 4.69) is 9.99 Å². The zero-order valence-electron chi connectivity index (χ0n) is 11.6. The fourth-order valence-electron chi connectivity index (χ4n) is 1.57. The number of benzene rings is 1. The Kier molecular flexibility index (Phi) is 7.83. The lowest BCUT2D eigenvalue weighted by molar-refractivity contribution is 0.0896.